The lowest BCUT2D eigenvalue weighted by atomic mass is 9.91. The summed E-state index contributed by atoms with van der Waals surface area (Å²) in [7, 11) is 1.94. The van der Waals surface area contributed by atoms with E-state index in [1.54, 1.807) is 6.20 Å². The molecule has 1 N–H and O–H groups in total. The van der Waals surface area contributed by atoms with E-state index in [0.717, 1.165) is 25.1 Å². The first kappa shape index (κ1) is 8.75. The first-order chi connectivity index (χ1) is 6.14. The Hall–Kier alpha value is -0.830. The molecule has 0 saturated heterocycles. The summed E-state index contributed by atoms with van der Waals surface area (Å²) in [4.78, 5) is 4.23. The van der Waals surface area contributed by atoms with E-state index in [4.69, 9.17) is 0 Å². The number of hydrogen-bond acceptors (Lipinski definition) is 2. The van der Waals surface area contributed by atoms with Gasteiger partial charge >= 0.3 is 0 Å². The minimum absolute atomic E-state index is 0.327. The van der Waals surface area contributed by atoms with Crippen molar-refractivity contribution in [3.05, 3.63) is 18.2 Å². The van der Waals surface area contributed by atoms with E-state index >= 15 is 0 Å². The molecule has 1 aromatic heterocycles. The van der Waals surface area contributed by atoms with Gasteiger partial charge in [0.2, 0.25) is 0 Å². The summed E-state index contributed by atoms with van der Waals surface area (Å²) in [6.07, 6.45) is 6.68. The fourth-order valence-corrected chi connectivity index (χ4v) is 2.28. The van der Waals surface area contributed by atoms with Crippen molar-refractivity contribution < 1.29 is 5.11 Å². The van der Waals surface area contributed by atoms with E-state index in [2.05, 4.69) is 11.9 Å². The fourth-order valence-electron chi connectivity index (χ4n) is 2.28. The standard InChI is InChI=1S/C10H16N2O/c1-8-4-3-5-10(8,13)9-11-6-7-12(9)2/h6-8,13H,3-5H2,1-2H3. The summed E-state index contributed by atoms with van der Waals surface area (Å²) in [5.74, 6) is 1.14. The topological polar surface area (TPSA) is 38.1 Å². The van der Waals surface area contributed by atoms with Crippen LogP contribution in [0.3, 0.4) is 0 Å². The minimum atomic E-state index is -0.682. The Labute approximate surface area is 78.4 Å². The highest BCUT2D eigenvalue weighted by Gasteiger charge is 2.42. The van der Waals surface area contributed by atoms with E-state index in [9.17, 15) is 5.11 Å². The van der Waals surface area contributed by atoms with Gasteiger partial charge in [-0.05, 0) is 25.2 Å². The van der Waals surface area contributed by atoms with Crippen molar-refractivity contribution in [2.24, 2.45) is 13.0 Å². The van der Waals surface area contributed by atoms with Gasteiger partial charge in [0.05, 0.1) is 0 Å². The normalized spacial score (nSPS) is 33.9. The first-order valence-corrected chi connectivity index (χ1v) is 4.85. The Morgan fingerprint density at radius 2 is 2.46 bits per heavy atom. The van der Waals surface area contributed by atoms with Crippen LogP contribution in [0, 0.1) is 5.92 Å². The molecular formula is C10H16N2O. The third-order valence-electron chi connectivity index (χ3n) is 3.22. The minimum Gasteiger partial charge on any atom is -0.382 e. The van der Waals surface area contributed by atoms with Gasteiger partial charge in [-0.25, -0.2) is 4.98 Å². The first-order valence-electron chi connectivity index (χ1n) is 4.85. The van der Waals surface area contributed by atoms with E-state index in [1.165, 1.54) is 0 Å². The highest BCUT2D eigenvalue weighted by atomic mass is 16.3. The van der Waals surface area contributed by atoms with Crippen LogP contribution in [0.15, 0.2) is 12.4 Å². The van der Waals surface area contributed by atoms with Crippen molar-refractivity contribution >= 4 is 0 Å². The van der Waals surface area contributed by atoms with Crippen LogP contribution in [0.5, 0.6) is 0 Å². The molecule has 2 unspecified atom stereocenters. The quantitative estimate of drug-likeness (QED) is 0.710. The molecule has 0 aliphatic heterocycles. The molecule has 0 bridgehead atoms. The molecule has 3 nitrogen and oxygen atoms in total. The van der Waals surface area contributed by atoms with Crippen LogP contribution in [0.4, 0.5) is 0 Å². The van der Waals surface area contributed by atoms with Crippen molar-refractivity contribution in [3.63, 3.8) is 0 Å². The van der Waals surface area contributed by atoms with Crippen LogP contribution in [0.2, 0.25) is 0 Å². The number of hydrogen-bond donors (Lipinski definition) is 1. The van der Waals surface area contributed by atoms with Crippen molar-refractivity contribution in [1.29, 1.82) is 0 Å². The van der Waals surface area contributed by atoms with Crippen LogP contribution < -0.4 is 0 Å². The van der Waals surface area contributed by atoms with Gasteiger partial charge in [-0.1, -0.05) is 6.92 Å². The Morgan fingerprint density at radius 1 is 1.69 bits per heavy atom. The molecule has 72 valence electrons. The monoisotopic (exact) mass is 180 g/mol. The maximum atomic E-state index is 10.4. The van der Waals surface area contributed by atoms with Gasteiger partial charge in [0.15, 0.2) is 0 Å². The summed E-state index contributed by atoms with van der Waals surface area (Å²) in [5, 5.41) is 10.4. The molecule has 0 aromatic carbocycles. The predicted molar refractivity (Wildman–Crippen MR) is 50.1 cm³/mol. The molecule has 1 fully saturated rings. The fraction of sp³-hybridized carbons (Fsp3) is 0.700. The highest BCUT2D eigenvalue weighted by molar-refractivity contribution is 5.08. The SMILES string of the molecule is CC1CCCC1(O)c1nccn1C. The van der Waals surface area contributed by atoms with Crippen molar-refractivity contribution in [3.8, 4) is 0 Å². The van der Waals surface area contributed by atoms with Crippen molar-refractivity contribution in [2.45, 2.75) is 31.8 Å². The van der Waals surface area contributed by atoms with Crippen molar-refractivity contribution in [2.75, 3.05) is 0 Å². The third kappa shape index (κ3) is 1.18. The van der Waals surface area contributed by atoms with E-state index < -0.39 is 5.60 Å². The lowest BCUT2D eigenvalue weighted by Gasteiger charge is -2.26. The van der Waals surface area contributed by atoms with Crippen LogP contribution >= 0.6 is 0 Å². The molecule has 1 saturated carbocycles. The summed E-state index contributed by atoms with van der Waals surface area (Å²) >= 11 is 0. The van der Waals surface area contributed by atoms with E-state index in [1.807, 2.05) is 17.8 Å². The predicted octanol–water partition coefficient (Wildman–Crippen LogP) is 1.43. The van der Waals surface area contributed by atoms with E-state index in [0.29, 0.717) is 5.92 Å². The largest absolute Gasteiger partial charge is 0.382 e. The van der Waals surface area contributed by atoms with Gasteiger partial charge in [-0.2, -0.15) is 0 Å². The lowest BCUT2D eigenvalue weighted by molar-refractivity contribution is -0.00656. The number of rotatable bonds is 1. The Balaban J connectivity index is 2.39. The maximum absolute atomic E-state index is 10.4. The molecule has 0 amide bonds. The van der Waals surface area contributed by atoms with Gasteiger partial charge in [0.1, 0.15) is 11.4 Å². The molecule has 1 aliphatic carbocycles. The second-order valence-electron chi connectivity index (χ2n) is 4.08. The van der Waals surface area contributed by atoms with Crippen LogP contribution in [0.1, 0.15) is 32.0 Å². The van der Waals surface area contributed by atoms with E-state index in [-0.39, 0.29) is 0 Å². The van der Waals surface area contributed by atoms with Crippen LogP contribution in [-0.2, 0) is 12.6 Å². The molecule has 1 heterocycles. The molecule has 2 rings (SSSR count). The van der Waals surface area contributed by atoms with Gasteiger partial charge < -0.3 is 9.67 Å². The maximum Gasteiger partial charge on any atom is 0.140 e. The average Bonchev–Trinajstić information content (AvgIpc) is 2.62. The van der Waals surface area contributed by atoms with Gasteiger partial charge in [0.25, 0.3) is 0 Å². The highest BCUT2D eigenvalue weighted by Crippen LogP contribution is 2.42. The summed E-state index contributed by atoms with van der Waals surface area (Å²) in [5.41, 5.74) is -0.682. The summed E-state index contributed by atoms with van der Waals surface area (Å²) in [6, 6.07) is 0. The Morgan fingerprint density at radius 3 is 2.92 bits per heavy atom. The average molecular weight is 180 g/mol. The zero-order valence-electron chi connectivity index (χ0n) is 8.20. The molecule has 3 heteroatoms. The zero-order valence-corrected chi connectivity index (χ0v) is 8.20. The second kappa shape index (κ2) is 2.84. The molecule has 0 radical (unpaired) electrons. The molecule has 1 aliphatic rings. The van der Waals surface area contributed by atoms with Gasteiger partial charge in [0, 0.05) is 19.4 Å². The third-order valence-corrected chi connectivity index (χ3v) is 3.22. The number of aryl methyl sites for hydroxylation is 1. The summed E-state index contributed by atoms with van der Waals surface area (Å²) < 4.78 is 1.92. The Bertz CT molecular complexity index is 308. The lowest BCUT2D eigenvalue weighted by Crippen LogP contribution is -2.31. The summed E-state index contributed by atoms with van der Waals surface area (Å²) in [6.45, 7) is 2.10. The molecular weight excluding hydrogens is 164 g/mol. The van der Waals surface area contributed by atoms with Gasteiger partial charge in [-0.15, -0.1) is 0 Å². The molecule has 1 aromatic rings. The Kier molecular flexibility index (Phi) is 1.91. The smallest absolute Gasteiger partial charge is 0.140 e. The van der Waals surface area contributed by atoms with Gasteiger partial charge in [-0.3, -0.25) is 0 Å². The van der Waals surface area contributed by atoms with Crippen LogP contribution in [0.25, 0.3) is 0 Å². The molecule has 13 heavy (non-hydrogen) atoms. The van der Waals surface area contributed by atoms with Crippen LogP contribution in [-0.4, -0.2) is 14.7 Å². The van der Waals surface area contributed by atoms with Crippen molar-refractivity contribution in [1.82, 2.24) is 9.55 Å². The molecule has 0 spiro atoms. The number of aromatic nitrogens is 2. The molecule has 2 atom stereocenters. The second-order valence-corrected chi connectivity index (χ2v) is 4.08. The number of aliphatic hydroxyl groups is 1. The number of imidazole rings is 1. The zero-order chi connectivity index (χ0) is 9.47. The number of nitrogens with zero attached hydrogens (tertiary/aromatic N) is 2.